The van der Waals surface area contributed by atoms with E-state index in [1.54, 1.807) is 6.07 Å². The molecular formula is C15H11ClFIN2. The molecular weight excluding hydrogens is 390 g/mol. The molecule has 0 aliphatic carbocycles. The third-order valence-electron chi connectivity index (χ3n) is 3.13. The van der Waals surface area contributed by atoms with Crippen molar-refractivity contribution in [2.45, 2.75) is 6.54 Å². The van der Waals surface area contributed by atoms with Crippen molar-refractivity contribution in [2.75, 3.05) is 5.32 Å². The van der Waals surface area contributed by atoms with Gasteiger partial charge < -0.3 is 10.3 Å². The van der Waals surface area contributed by atoms with Crippen LogP contribution in [0.3, 0.4) is 0 Å². The molecule has 0 amide bonds. The molecule has 2 nitrogen and oxygen atoms in total. The molecule has 102 valence electrons. The van der Waals surface area contributed by atoms with Gasteiger partial charge in [-0.3, -0.25) is 0 Å². The zero-order chi connectivity index (χ0) is 14.1. The van der Waals surface area contributed by atoms with E-state index in [0.29, 0.717) is 11.6 Å². The molecule has 0 atom stereocenters. The topological polar surface area (TPSA) is 27.8 Å². The van der Waals surface area contributed by atoms with Crippen LogP contribution in [-0.2, 0) is 6.54 Å². The number of aromatic amines is 1. The van der Waals surface area contributed by atoms with E-state index in [9.17, 15) is 4.39 Å². The van der Waals surface area contributed by atoms with Crippen LogP contribution in [0.4, 0.5) is 10.1 Å². The van der Waals surface area contributed by atoms with Crippen molar-refractivity contribution in [2.24, 2.45) is 0 Å². The van der Waals surface area contributed by atoms with E-state index >= 15 is 0 Å². The van der Waals surface area contributed by atoms with Crippen molar-refractivity contribution >= 4 is 50.8 Å². The first-order chi connectivity index (χ1) is 9.63. The molecule has 3 rings (SSSR count). The molecule has 20 heavy (non-hydrogen) atoms. The minimum Gasteiger partial charge on any atom is -0.380 e. The van der Waals surface area contributed by atoms with E-state index in [-0.39, 0.29) is 5.82 Å². The lowest BCUT2D eigenvalue weighted by Gasteiger charge is -2.08. The summed E-state index contributed by atoms with van der Waals surface area (Å²) < 4.78 is 13.9. The first-order valence-electron chi connectivity index (χ1n) is 6.08. The Morgan fingerprint density at radius 3 is 2.85 bits per heavy atom. The van der Waals surface area contributed by atoms with Crippen molar-refractivity contribution in [1.29, 1.82) is 0 Å². The van der Waals surface area contributed by atoms with Gasteiger partial charge in [-0.15, -0.1) is 0 Å². The second-order valence-electron chi connectivity index (χ2n) is 4.48. The SMILES string of the molecule is Fc1ccc(NCc2c[nH]c3cc(Cl)ccc23)c(I)c1. The first kappa shape index (κ1) is 13.7. The number of rotatable bonds is 3. The Labute approximate surface area is 134 Å². The van der Waals surface area contributed by atoms with Gasteiger partial charge in [0, 0.05) is 37.9 Å². The van der Waals surface area contributed by atoms with Crippen LogP contribution >= 0.6 is 34.2 Å². The van der Waals surface area contributed by atoms with Gasteiger partial charge in [0.1, 0.15) is 5.82 Å². The average molecular weight is 401 g/mol. The zero-order valence-electron chi connectivity index (χ0n) is 10.4. The summed E-state index contributed by atoms with van der Waals surface area (Å²) in [5.74, 6) is -0.221. The van der Waals surface area contributed by atoms with Crippen LogP contribution in [0.2, 0.25) is 5.02 Å². The van der Waals surface area contributed by atoms with Crippen molar-refractivity contribution < 1.29 is 4.39 Å². The van der Waals surface area contributed by atoms with Gasteiger partial charge in [-0.25, -0.2) is 4.39 Å². The lowest BCUT2D eigenvalue weighted by Crippen LogP contribution is -2.00. The lowest BCUT2D eigenvalue weighted by atomic mass is 10.1. The van der Waals surface area contributed by atoms with Gasteiger partial charge in [0.05, 0.1) is 0 Å². The standard InChI is InChI=1S/C15H11ClFIN2/c16-10-1-3-12-9(8-20-15(12)5-10)7-19-14-4-2-11(17)6-13(14)18/h1-6,8,19-20H,7H2. The van der Waals surface area contributed by atoms with E-state index in [4.69, 9.17) is 11.6 Å². The predicted molar refractivity (Wildman–Crippen MR) is 89.8 cm³/mol. The molecule has 5 heteroatoms. The fourth-order valence-electron chi connectivity index (χ4n) is 2.13. The molecule has 2 N–H and O–H groups in total. The van der Waals surface area contributed by atoms with Crippen LogP contribution in [0.1, 0.15) is 5.56 Å². The minimum absolute atomic E-state index is 0.221. The van der Waals surface area contributed by atoms with Crippen LogP contribution in [0.25, 0.3) is 10.9 Å². The quantitative estimate of drug-likeness (QED) is 0.583. The summed E-state index contributed by atoms with van der Waals surface area (Å²) in [4.78, 5) is 3.20. The molecule has 0 bridgehead atoms. The van der Waals surface area contributed by atoms with Crippen molar-refractivity contribution in [3.8, 4) is 0 Å². The number of hydrogen-bond donors (Lipinski definition) is 2. The molecule has 1 aromatic heterocycles. The molecule has 0 fully saturated rings. The second kappa shape index (κ2) is 5.61. The summed E-state index contributed by atoms with van der Waals surface area (Å²) in [7, 11) is 0. The Bertz CT molecular complexity index is 770. The molecule has 0 aliphatic rings. The van der Waals surface area contributed by atoms with Crippen molar-refractivity contribution in [3.63, 3.8) is 0 Å². The Balaban J connectivity index is 1.83. The molecule has 0 radical (unpaired) electrons. The number of H-pyrrole nitrogens is 1. The summed E-state index contributed by atoms with van der Waals surface area (Å²) in [6.07, 6.45) is 1.96. The number of aromatic nitrogens is 1. The van der Waals surface area contributed by atoms with Gasteiger partial charge in [0.15, 0.2) is 0 Å². The molecule has 0 saturated heterocycles. The number of hydrogen-bond acceptors (Lipinski definition) is 1. The largest absolute Gasteiger partial charge is 0.380 e. The second-order valence-corrected chi connectivity index (χ2v) is 6.08. The van der Waals surface area contributed by atoms with Crippen LogP contribution < -0.4 is 5.32 Å². The van der Waals surface area contributed by atoms with Crippen LogP contribution in [0.15, 0.2) is 42.6 Å². The summed E-state index contributed by atoms with van der Waals surface area (Å²) >= 11 is 8.09. The molecule has 3 aromatic rings. The van der Waals surface area contributed by atoms with E-state index < -0.39 is 0 Å². The fraction of sp³-hybridized carbons (Fsp3) is 0.0667. The van der Waals surface area contributed by atoms with Crippen LogP contribution in [-0.4, -0.2) is 4.98 Å². The highest BCUT2D eigenvalue weighted by Crippen LogP contribution is 2.24. The van der Waals surface area contributed by atoms with E-state index in [1.807, 2.05) is 24.4 Å². The van der Waals surface area contributed by atoms with Crippen molar-refractivity contribution in [1.82, 2.24) is 4.98 Å². The molecule has 0 spiro atoms. The number of halogens is 3. The summed E-state index contributed by atoms with van der Waals surface area (Å²) in [5.41, 5.74) is 3.09. The van der Waals surface area contributed by atoms with E-state index in [0.717, 1.165) is 25.7 Å². The highest BCUT2D eigenvalue weighted by Gasteiger charge is 2.06. The average Bonchev–Trinajstić information content (AvgIpc) is 2.80. The normalized spacial score (nSPS) is 10.9. The highest BCUT2D eigenvalue weighted by atomic mass is 127. The van der Waals surface area contributed by atoms with Gasteiger partial charge in [0.2, 0.25) is 0 Å². The predicted octanol–water partition coefficient (Wildman–Crippen LogP) is 5.18. The zero-order valence-corrected chi connectivity index (χ0v) is 13.3. The molecule has 0 aliphatic heterocycles. The van der Waals surface area contributed by atoms with Crippen LogP contribution in [0.5, 0.6) is 0 Å². The van der Waals surface area contributed by atoms with E-state index in [1.165, 1.54) is 12.1 Å². The summed E-state index contributed by atoms with van der Waals surface area (Å²) in [6.45, 7) is 0.670. The van der Waals surface area contributed by atoms with E-state index in [2.05, 4.69) is 32.9 Å². The number of fused-ring (bicyclic) bond motifs is 1. The van der Waals surface area contributed by atoms with Gasteiger partial charge >= 0.3 is 0 Å². The minimum atomic E-state index is -0.221. The maximum Gasteiger partial charge on any atom is 0.124 e. The molecule has 0 unspecified atom stereocenters. The summed E-state index contributed by atoms with van der Waals surface area (Å²) in [5, 5.41) is 5.17. The molecule has 2 aromatic carbocycles. The van der Waals surface area contributed by atoms with Gasteiger partial charge in [-0.2, -0.15) is 0 Å². The number of anilines is 1. The van der Waals surface area contributed by atoms with Gasteiger partial charge in [-0.05, 0) is 58.5 Å². The van der Waals surface area contributed by atoms with Crippen molar-refractivity contribution in [3.05, 3.63) is 62.6 Å². The third kappa shape index (κ3) is 2.76. The number of nitrogens with one attached hydrogen (secondary N) is 2. The Kier molecular flexibility index (Phi) is 3.85. The Morgan fingerprint density at radius 2 is 2.05 bits per heavy atom. The Hall–Kier alpha value is -1.27. The fourth-order valence-corrected chi connectivity index (χ4v) is 2.97. The lowest BCUT2D eigenvalue weighted by molar-refractivity contribution is 0.627. The summed E-state index contributed by atoms with van der Waals surface area (Å²) in [6, 6.07) is 10.5. The Morgan fingerprint density at radius 1 is 1.20 bits per heavy atom. The molecule has 1 heterocycles. The van der Waals surface area contributed by atoms with Crippen LogP contribution in [0, 0.1) is 9.39 Å². The van der Waals surface area contributed by atoms with Gasteiger partial charge in [-0.1, -0.05) is 17.7 Å². The first-order valence-corrected chi connectivity index (χ1v) is 7.53. The molecule has 0 saturated carbocycles. The maximum absolute atomic E-state index is 13.1. The number of benzene rings is 2. The van der Waals surface area contributed by atoms with Gasteiger partial charge in [0.25, 0.3) is 0 Å². The maximum atomic E-state index is 13.1. The third-order valence-corrected chi connectivity index (χ3v) is 4.26. The highest BCUT2D eigenvalue weighted by molar-refractivity contribution is 14.1. The monoisotopic (exact) mass is 400 g/mol. The smallest absolute Gasteiger partial charge is 0.124 e.